The molecule has 2 fully saturated rings. The average Bonchev–Trinajstić information content (AvgIpc) is 3.06. The fraction of sp³-hybridized carbons (Fsp3) is 0.500. The van der Waals surface area contributed by atoms with Gasteiger partial charge >= 0.3 is 0 Å². The molecule has 3 heterocycles. The fourth-order valence-corrected chi connectivity index (χ4v) is 5.35. The van der Waals surface area contributed by atoms with Gasteiger partial charge in [-0.1, -0.05) is 0 Å². The van der Waals surface area contributed by atoms with Crippen molar-refractivity contribution in [1.82, 2.24) is 0 Å². The van der Waals surface area contributed by atoms with Crippen LogP contribution in [-0.4, -0.2) is 130 Å². The lowest BCUT2D eigenvalue weighted by Gasteiger charge is -2.42. The lowest BCUT2D eigenvalue weighted by atomic mass is 9.98. The molecule has 17 heteroatoms. The highest BCUT2D eigenvalue weighted by molar-refractivity contribution is 5.91. The first-order chi connectivity index (χ1) is 22.3. The molecule has 0 radical (unpaired) electrons. The number of ether oxygens (including phenoxy) is 7. The Bertz CT molecular complexity index is 1640. The number of hydrogen-bond acceptors (Lipinski definition) is 17. The van der Waals surface area contributed by atoms with Gasteiger partial charge in [-0.3, -0.25) is 4.79 Å². The van der Waals surface area contributed by atoms with Crippen LogP contribution in [0.1, 0.15) is 6.92 Å². The van der Waals surface area contributed by atoms with Crippen LogP contribution in [0, 0.1) is 0 Å². The third-order valence-corrected chi connectivity index (χ3v) is 8.04. The van der Waals surface area contributed by atoms with E-state index in [-0.39, 0.29) is 39.9 Å². The summed E-state index contributed by atoms with van der Waals surface area (Å²) < 4.78 is 44.1. The van der Waals surface area contributed by atoms with E-state index in [1.165, 1.54) is 52.5 Å². The van der Waals surface area contributed by atoms with Crippen LogP contribution < -0.4 is 24.4 Å². The van der Waals surface area contributed by atoms with Gasteiger partial charge in [-0.15, -0.1) is 0 Å². The monoisotopic (exact) mass is 668 g/mol. The van der Waals surface area contributed by atoms with E-state index in [1.54, 1.807) is 0 Å². The highest BCUT2D eigenvalue weighted by Gasteiger charge is 2.48. The maximum atomic E-state index is 14.0. The highest BCUT2D eigenvalue weighted by Crippen LogP contribution is 2.45. The summed E-state index contributed by atoms with van der Waals surface area (Å²) in [5, 5.41) is 83.2. The second kappa shape index (κ2) is 13.7. The topological polar surface area (TPSA) is 257 Å². The molecule has 17 nitrogen and oxygen atoms in total. The normalized spacial score (nSPS) is 31.0. The van der Waals surface area contributed by atoms with E-state index in [0.717, 1.165) is 0 Å². The summed E-state index contributed by atoms with van der Waals surface area (Å²) in [6, 6.07) is 5.23. The molecular formula is C30H36O17. The Morgan fingerprint density at radius 3 is 2.06 bits per heavy atom. The predicted molar refractivity (Wildman–Crippen MR) is 157 cm³/mol. The van der Waals surface area contributed by atoms with Gasteiger partial charge in [0.05, 0.1) is 34.0 Å². The molecule has 2 saturated heterocycles. The number of phenolic OH excluding ortho intramolecular Hbond substituents is 2. The van der Waals surface area contributed by atoms with Crippen LogP contribution in [0.15, 0.2) is 33.5 Å². The third kappa shape index (κ3) is 6.24. The van der Waals surface area contributed by atoms with Crippen molar-refractivity contribution in [2.75, 3.05) is 27.9 Å². The van der Waals surface area contributed by atoms with Crippen molar-refractivity contribution < 1.29 is 78.4 Å². The SMILES string of the molecule is COc1cc(-c2oc3cc(OC)c(OC)c(O)c3c(=O)c2O[C@@H]2O[C@H](CO[C@@H]3O[C@@H](C)[C@H](O)[C@@H](O)[C@H]3O)[C@H](O)[C@H](O)[C@H]2O)ccc1O. The molecule has 5 rings (SSSR count). The number of hydrogen-bond donors (Lipinski definition) is 8. The van der Waals surface area contributed by atoms with Crippen LogP contribution in [0.25, 0.3) is 22.3 Å². The largest absolute Gasteiger partial charge is 0.504 e. The molecule has 258 valence electrons. The fourth-order valence-electron chi connectivity index (χ4n) is 5.35. The Hall–Kier alpha value is -3.91. The Morgan fingerprint density at radius 2 is 1.40 bits per heavy atom. The second-order valence-corrected chi connectivity index (χ2v) is 11.0. The van der Waals surface area contributed by atoms with E-state index in [2.05, 4.69) is 0 Å². The zero-order valence-corrected chi connectivity index (χ0v) is 25.5. The van der Waals surface area contributed by atoms with Gasteiger partial charge in [0.25, 0.3) is 0 Å². The summed E-state index contributed by atoms with van der Waals surface area (Å²) in [6.07, 6.45) is -16.1. The smallest absolute Gasteiger partial charge is 0.239 e. The summed E-state index contributed by atoms with van der Waals surface area (Å²) in [5.74, 6) is -1.97. The molecule has 2 aromatic carbocycles. The van der Waals surface area contributed by atoms with E-state index >= 15 is 0 Å². The van der Waals surface area contributed by atoms with E-state index in [0.29, 0.717) is 0 Å². The van der Waals surface area contributed by atoms with Gasteiger partial charge in [0.2, 0.25) is 23.2 Å². The number of aliphatic hydroxyl groups is 6. The van der Waals surface area contributed by atoms with Gasteiger partial charge in [0.1, 0.15) is 53.7 Å². The Labute approximate surface area is 266 Å². The summed E-state index contributed by atoms with van der Waals surface area (Å²) in [5.41, 5.74) is -1.01. The molecule has 0 amide bonds. The maximum absolute atomic E-state index is 14.0. The molecular weight excluding hydrogens is 632 g/mol. The van der Waals surface area contributed by atoms with Gasteiger partial charge in [-0.25, -0.2) is 0 Å². The average molecular weight is 669 g/mol. The number of aliphatic hydroxyl groups excluding tert-OH is 6. The molecule has 0 spiro atoms. The molecule has 47 heavy (non-hydrogen) atoms. The molecule has 0 saturated carbocycles. The quantitative estimate of drug-likeness (QED) is 0.135. The van der Waals surface area contributed by atoms with Crippen LogP contribution in [0.2, 0.25) is 0 Å². The molecule has 2 aliphatic rings. The van der Waals surface area contributed by atoms with Crippen molar-refractivity contribution in [3.63, 3.8) is 0 Å². The van der Waals surface area contributed by atoms with Gasteiger partial charge in [-0.2, -0.15) is 0 Å². The minimum atomic E-state index is -1.95. The predicted octanol–water partition coefficient (Wildman–Crippen LogP) is -1.07. The number of rotatable bonds is 9. The molecule has 0 bridgehead atoms. The Kier molecular flexibility index (Phi) is 10.0. The number of aromatic hydroxyl groups is 2. The second-order valence-electron chi connectivity index (χ2n) is 11.0. The van der Waals surface area contributed by atoms with Crippen molar-refractivity contribution in [2.24, 2.45) is 0 Å². The molecule has 10 atom stereocenters. The third-order valence-electron chi connectivity index (χ3n) is 8.04. The zero-order chi connectivity index (χ0) is 34.3. The van der Waals surface area contributed by atoms with Crippen LogP contribution in [0.5, 0.6) is 34.5 Å². The van der Waals surface area contributed by atoms with Crippen LogP contribution in [-0.2, 0) is 14.2 Å². The summed E-state index contributed by atoms with van der Waals surface area (Å²) in [7, 11) is 3.84. The molecule has 2 aliphatic heterocycles. The summed E-state index contributed by atoms with van der Waals surface area (Å²) in [4.78, 5) is 14.0. The van der Waals surface area contributed by atoms with E-state index in [1.807, 2.05) is 0 Å². The lowest BCUT2D eigenvalue weighted by Crippen LogP contribution is -2.61. The first kappa shape index (κ1) is 34.4. The number of benzene rings is 2. The molecule has 1 aromatic heterocycles. The molecule has 3 aromatic rings. The van der Waals surface area contributed by atoms with E-state index in [9.17, 15) is 45.6 Å². The first-order valence-corrected chi connectivity index (χ1v) is 14.3. The van der Waals surface area contributed by atoms with Crippen molar-refractivity contribution in [1.29, 1.82) is 0 Å². The molecule has 0 unspecified atom stereocenters. The van der Waals surface area contributed by atoms with Crippen molar-refractivity contribution in [2.45, 2.75) is 68.3 Å². The van der Waals surface area contributed by atoms with Crippen LogP contribution in [0.3, 0.4) is 0 Å². The lowest BCUT2D eigenvalue weighted by molar-refractivity contribution is -0.318. The first-order valence-electron chi connectivity index (χ1n) is 14.3. The summed E-state index contributed by atoms with van der Waals surface area (Å²) >= 11 is 0. The summed E-state index contributed by atoms with van der Waals surface area (Å²) in [6.45, 7) is 0.847. The zero-order valence-electron chi connectivity index (χ0n) is 25.5. The molecule has 0 aliphatic carbocycles. The Balaban J connectivity index is 1.54. The minimum absolute atomic E-state index is 0.00450. The van der Waals surface area contributed by atoms with Crippen molar-refractivity contribution >= 4 is 11.0 Å². The molecule has 8 N–H and O–H groups in total. The highest BCUT2D eigenvalue weighted by atomic mass is 16.7. The van der Waals surface area contributed by atoms with Gasteiger partial charge < -0.3 is 78.4 Å². The van der Waals surface area contributed by atoms with Gasteiger partial charge in [-0.05, 0) is 25.1 Å². The number of phenols is 2. The number of methoxy groups -OCH3 is 3. The van der Waals surface area contributed by atoms with Crippen molar-refractivity contribution in [3.05, 3.63) is 34.5 Å². The van der Waals surface area contributed by atoms with E-state index in [4.69, 9.17) is 37.6 Å². The van der Waals surface area contributed by atoms with Crippen LogP contribution in [0.4, 0.5) is 0 Å². The van der Waals surface area contributed by atoms with Gasteiger partial charge in [0.15, 0.2) is 35.0 Å². The standard InChI is InChI=1S/C30H36O17/c1-10-18(32)22(36)24(38)29(44-10)43-9-16-19(33)23(37)25(39)30(46-16)47-28-21(35)17-14(8-15(41-3)27(42-4)20(17)34)45-26(28)11-5-6-12(31)13(7-11)40-2/h5-8,10,16,18-19,22-25,29-34,36-39H,9H2,1-4H3/t10-,16+,18-,19-,22+,23-,24+,25+,29+,30-/m0/s1. The van der Waals surface area contributed by atoms with Gasteiger partial charge in [0, 0.05) is 11.6 Å². The number of fused-ring (bicyclic) bond motifs is 1. The van der Waals surface area contributed by atoms with Crippen molar-refractivity contribution in [3.8, 4) is 45.8 Å². The minimum Gasteiger partial charge on any atom is -0.504 e. The Morgan fingerprint density at radius 1 is 0.745 bits per heavy atom. The van der Waals surface area contributed by atoms with E-state index < -0.39 is 90.3 Å². The van der Waals surface area contributed by atoms with Crippen LogP contribution >= 0.6 is 0 Å². The maximum Gasteiger partial charge on any atom is 0.239 e.